The maximum absolute atomic E-state index is 12.1. The highest BCUT2D eigenvalue weighted by Gasteiger charge is 2.24. The topological polar surface area (TPSA) is 41.1 Å². The first kappa shape index (κ1) is 14.5. The lowest BCUT2D eigenvalue weighted by molar-refractivity contribution is -0.124. The third kappa shape index (κ3) is 5.07. The van der Waals surface area contributed by atoms with E-state index in [0.29, 0.717) is 12.0 Å². The molecule has 2 N–H and O–H groups in total. The molecule has 1 aliphatic rings. The summed E-state index contributed by atoms with van der Waals surface area (Å²) in [5.74, 6) is 0.871. The van der Waals surface area contributed by atoms with E-state index in [1.165, 1.54) is 12.8 Å². The fourth-order valence-corrected chi connectivity index (χ4v) is 2.52. The summed E-state index contributed by atoms with van der Waals surface area (Å²) >= 11 is 0. The molecule has 4 unspecified atom stereocenters. The standard InChI is InChI=1S/C14H28N2O/c1-5-10(2)9-12(4)16-14(17)13-8-6-7-11(3)15-13/h10-13,15H,5-9H2,1-4H3,(H,16,17). The maximum atomic E-state index is 12.1. The largest absolute Gasteiger partial charge is 0.352 e. The molecular formula is C14H28N2O. The van der Waals surface area contributed by atoms with E-state index < -0.39 is 0 Å². The van der Waals surface area contributed by atoms with Crippen molar-refractivity contribution in [2.24, 2.45) is 5.92 Å². The quantitative estimate of drug-likeness (QED) is 0.775. The molecule has 1 amide bonds. The van der Waals surface area contributed by atoms with Crippen LogP contribution in [0, 0.1) is 5.92 Å². The summed E-state index contributed by atoms with van der Waals surface area (Å²) in [6.07, 6.45) is 5.58. The summed E-state index contributed by atoms with van der Waals surface area (Å²) in [7, 11) is 0. The van der Waals surface area contributed by atoms with E-state index in [1.54, 1.807) is 0 Å². The summed E-state index contributed by atoms with van der Waals surface area (Å²) in [4.78, 5) is 12.1. The highest BCUT2D eigenvalue weighted by atomic mass is 16.2. The van der Waals surface area contributed by atoms with Gasteiger partial charge in [0.2, 0.25) is 5.91 Å². The van der Waals surface area contributed by atoms with Crippen molar-refractivity contribution in [1.82, 2.24) is 10.6 Å². The van der Waals surface area contributed by atoms with E-state index >= 15 is 0 Å². The molecule has 4 atom stereocenters. The summed E-state index contributed by atoms with van der Waals surface area (Å²) in [5, 5.41) is 6.51. The van der Waals surface area contributed by atoms with Crippen molar-refractivity contribution in [1.29, 1.82) is 0 Å². The molecular weight excluding hydrogens is 212 g/mol. The van der Waals surface area contributed by atoms with Crippen LogP contribution in [0.1, 0.15) is 59.8 Å². The Balaban J connectivity index is 2.32. The number of hydrogen-bond donors (Lipinski definition) is 2. The van der Waals surface area contributed by atoms with Crippen molar-refractivity contribution in [2.75, 3.05) is 0 Å². The number of rotatable bonds is 5. The molecule has 0 aromatic carbocycles. The SMILES string of the molecule is CCC(C)CC(C)NC(=O)C1CCCC(C)N1. The Bertz CT molecular complexity index is 242. The number of carbonyl (C=O) groups excluding carboxylic acids is 1. The van der Waals surface area contributed by atoms with Gasteiger partial charge in [0.25, 0.3) is 0 Å². The van der Waals surface area contributed by atoms with Crippen molar-refractivity contribution in [3.8, 4) is 0 Å². The minimum atomic E-state index is 0.0260. The Morgan fingerprint density at radius 1 is 1.41 bits per heavy atom. The number of nitrogens with one attached hydrogen (secondary N) is 2. The van der Waals surface area contributed by atoms with Crippen LogP contribution in [0.2, 0.25) is 0 Å². The molecule has 1 aliphatic heterocycles. The Morgan fingerprint density at radius 2 is 2.12 bits per heavy atom. The van der Waals surface area contributed by atoms with Gasteiger partial charge in [0.1, 0.15) is 0 Å². The molecule has 0 saturated carbocycles. The number of amides is 1. The number of piperidine rings is 1. The molecule has 0 aromatic heterocycles. The zero-order valence-electron chi connectivity index (χ0n) is 11.8. The third-order valence-electron chi connectivity index (χ3n) is 3.77. The van der Waals surface area contributed by atoms with Gasteiger partial charge >= 0.3 is 0 Å². The van der Waals surface area contributed by atoms with E-state index in [-0.39, 0.29) is 18.0 Å². The van der Waals surface area contributed by atoms with Crippen LogP contribution in [-0.2, 0) is 4.79 Å². The van der Waals surface area contributed by atoms with E-state index in [2.05, 4.69) is 38.3 Å². The van der Waals surface area contributed by atoms with E-state index in [9.17, 15) is 4.79 Å². The lowest BCUT2D eigenvalue weighted by Gasteiger charge is -2.29. The van der Waals surface area contributed by atoms with Gasteiger partial charge in [0.05, 0.1) is 6.04 Å². The van der Waals surface area contributed by atoms with Gasteiger partial charge in [-0.05, 0) is 45.4 Å². The molecule has 17 heavy (non-hydrogen) atoms. The molecule has 1 heterocycles. The predicted octanol–water partition coefficient (Wildman–Crippen LogP) is 2.46. The summed E-state index contributed by atoms with van der Waals surface area (Å²) in [6, 6.07) is 0.791. The van der Waals surface area contributed by atoms with Crippen molar-refractivity contribution in [3.05, 3.63) is 0 Å². The second-order valence-corrected chi connectivity index (χ2v) is 5.71. The Kier molecular flexibility index (Phi) is 5.96. The zero-order chi connectivity index (χ0) is 12.8. The van der Waals surface area contributed by atoms with E-state index in [0.717, 1.165) is 19.3 Å². The van der Waals surface area contributed by atoms with Crippen LogP contribution in [0.15, 0.2) is 0 Å². The molecule has 100 valence electrons. The van der Waals surface area contributed by atoms with Gasteiger partial charge in [-0.15, -0.1) is 0 Å². The Morgan fingerprint density at radius 3 is 2.71 bits per heavy atom. The minimum Gasteiger partial charge on any atom is -0.352 e. The molecule has 0 bridgehead atoms. The fraction of sp³-hybridized carbons (Fsp3) is 0.929. The summed E-state index contributed by atoms with van der Waals surface area (Å²) in [5.41, 5.74) is 0. The van der Waals surface area contributed by atoms with Crippen LogP contribution in [-0.4, -0.2) is 24.0 Å². The van der Waals surface area contributed by atoms with Crippen LogP contribution in [0.4, 0.5) is 0 Å². The van der Waals surface area contributed by atoms with Crippen LogP contribution in [0.25, 0.3) is 0 Å². The summed E-state index contributed by atoms with van der Waals surface area (Å²) < 4.78 is 0. The second-order valence-electron chi connectivity index (χ2n) is 5.71. The first-order valence-corrected chi connectivity index (χ1v) is 7.09. The highest BCUT2D eigenvalue weighted by molar-refractivity contribution is 5.82. The van der Waals surface area contributed by atoms with Gasteiger partial charge in [-0.25, -0.2) is 0 Å². The minimum absolute atomic E-state index is 0.0260. The molecule has 0 radical (unpaired) electrons. The van der Waals surface area contributed by atoms with Crippen molar-refractivity contribution in [3.63, 3.8) is 0 Å². The van der Waals surface area contributed by atoms with Crippen molar-refractivity contribution in [2.45, 2.75) is 77.9 Å². The monoisotopic (exact) mass is 240 g/mol. The van der Waals surface area contributed by atoms with Crippen molar-refractivity contribution >= 4 is 5.91 Å². The lowest BCUT2D eigenvalue weighted by atomic mass is 9.97. The van der Waals surface area contributed by atoms with Crippen molar-refractivity contribution < 1.29 is 4.79 Å². The average Bonchev–Trinajstić information content (AvgIpc) is 2.28. The van der Waals surface area contributed by atoms with Crippen LogP contribution in [0.5, 0.6) is 0 Å². The molecule has 1 fully saturated rings. The highest BCUT2D eigenvalue weighted by Crippen LogP contribution is 2.14. The first-order valence-electron chi connectivity index (χ1n) is 7.09. The van der Waals surface area contributed by atoms with E-state index in [1.807, 2.05) is 0 Å². The predicted molar refractivity (Wildman–Crippen MR) is 71.9 cm³/mol. The second kappa shape index (κ2) is 7.00. The zero-order valence-corrected chi connectivity index (χ0v) is 11.8. The van der Waals surface area contributed by atoms with Crippen LogP contribution >= 0.6 is 0 Å². The normalized spacial score (nSPS) is 28.5. The molecule has 3 nitrogen and oxygen atoms in total. The van der Waals surface area contributed by atoms with Gasteiger partial charge in [-0.2, -0.15) is 0 Å². The molecule has 1 rings (SSSR count). The molecule has 0 spiro atoms. The average molecular weight is 240 g/mol. The van der Waals surface area contributed by atoms with Crippen LogP contribution in [0.3, 0.4) is 0 Å². The van der Waals surface area contributed by atoms with Gasteiger partial charge in [-0.1, -0.05) is 20.3 Å². The lowest BCUT2D eigenvalue weighted by Crippen LogP contribution is -2.51. The van der Waals surface area contributed by atoms with Crippen LogP contribution < -0.4 is 10.6 Å². The molecule has 1 saturated heterocycles. The van der Waals surface area contributed by atoms with Gasteiger partial charge in [-0.3, -0.25) is 4.79 Å². The Labute approximate surface area is 106 Å². The van der Waals surface area contributed by atoms with Gasteiger partial charge in [0, 0.05) is 12.1 Å². The van der Waals surface area contributed by atoms with Gasteiger partial charge in [0.15, 0.2) is 0 Å². The van der Waals surface area contributed by atoms with Gasteiger partial charge < -0.3 is 10.6 Å². The summed E-state index contributed by atoms with van der Waals surface area (Å²) in [6.45, 7) is 8.70. The first-order chi connectivity index (χ1) is 8.02. The molecule has 3 heteroatoms. The molecule has 0 aromatic rings. The fourth-order valence-electron chi connectivity index (χ4n) is 2.52. The number of carbonyl (C=O) groups is 1. The Hall–Kier alpha value is -0.570. The van der Waals surface area contributed by atoms with E-state index in [4.69, 9.17) is 0 Å². The third-order valence-corrected chi connectivity index (χ3v) is 3.77. The maximum Gasteiger partial charge on any atom is 0.237 e. The molecule has 0 aliphatic carbocycles. The smallest absolute Gasteiger partial charge is 0.237 e. The number of hydrogen-bond acceptors (Lipinski definition) is 2.